The summed E-state index contributed by atoms with van der Waals surface area (Å²) >= 11 is 0. The summed E-state index contributed by atoms with van der Waals surface area (Å²) in [5.41, 5.74) is 0. The Hall–Kier alpha value is -1.78. The Morgan fingerprint density at radius 2 is 2.24 bits per heavy atom. The van der Waals surface area contributed by atoms with Gasteiger partial charge in [0.25, 0.3) is 0 Å². The number of carbonyl (C=O) groups excluding carboxylic acids is 1. The molecule has 0 unspecified atom stereocenters. The second-order valence-electron chi connectivity index (χ2n) is 4.13. The zero-order valence-electron chi connectivity index (χ0n) is 10.5. The summed E-state index contributed by atoms with van der Waals surface area (Å²) in [7, 11) is 1.59. The number of nitrogens with one attached hydrogen (secondary N) is 2. The molecular weight excluding hydrogens is 218 g/mol. The molecule has 5 nitrogen and oxygen atoms in total. The van der Waals surface area contributed by atoms with E-state index in [-0.39, 0.29) is 12.5 Å². The number of carbonyl (C=O) groups is 1. The van der Waals surface area contributed by atoms with E-state index in [2.05, 4.69) is 29.5 Å². The number of methoxy groups -OCH3 is 1. The van der Waals surface area contributed by atoms with E-state index in [1.807, 2.05) is 0 Å². The lowest BCUT2D eigenvalue weighted by Crippen LogP contribution is -2.32. The van der Waals surface area contributed by atoms with E-state index in [9.17, 15) is 4.79 Å². The molecule has 1 heterocycles. The maximum atomic E-state index is 11.4. The van der Waals surface area contributed by atoms with Crippen LogP contribution in [0.15, 0.2) is 18.3 Å². The fourth-order valence-corrected chi connectivity index (χ4v) is 1.16. The number of ether oxygens (including phenoxy) is 1. The summed E-state index contributed by atoms with van der Waals surface area (Å²) in [4.78, 5) is 15.5. The number of aromatic nitrogens is 1. The number of anilines is 1. The van der Waals surface area contributed by atoms with E-state index in [1.54, 1.807) is 25.4 Å². The zero-order valence-corrected chi connectivity index (χ0v) is 10.5. The molecule has 0 fully saturated rings. The van der Waals surface area contributed by atoms with Gasteiger partial charge >= 0.3 is 0 Å². The first kappa shape index (κ1) is 13.3. The first-order valence-corrected chi connectivity index (χ1v) is 5.62. The summed E-state index contributed by atoms with van der Waals surface area (Å²) in [5, 5.41) is 5.76. The van der Waals surface area contributed by atoms with Crippen LogP contribution in [0.4, 0.5) is 5.82 Å². The van der Waals surface area contributed by atoms with E-state index in [0.29, 0.717) is 24.0 Å². The molecule has 0 spiro atoms. The van der Waals surface area contributed by atoms with Gasteiger partial charge in [0, 0.05) is 6.54 Å². The Labute approximate surface area is 102 Å². The summed E-state index contributed by atoms with van der Waals surface area (Å²) in [6.07, 6.45) is 1.61. The van der Waals surface area contributed by atoms with E-state index >= 15 is 0 Å². The van der Waals surface area contributed by atoms with E-state index in [1.165, 1.54) is 0 Å². The van der Waals surface area contributed by atoms with Gasteiger partial charge in [-0.1, -0.05) is 13.8 Å². The van der Waals surface area contributed by atoms with Crippen LogP contribution in [0, 0.1) is 5.92 Å². The summed E-state index contributed by atoms with van der Waals surface area (Å²) in [6.45, 7) is 5.03. The fourth-order valence-electron chi connectivity index (χ4n) is 1.16. The Kier molecular flexibility index (Phi) is 5.26. The lowest BCUT2D eigenvalue weighted by Gasteiger charge is -2.09. The summed E-state index contributed by atoms with van der Waals surface area (Å²) < 4.78 is 4.99. The molecular formula is C12H19N3O2. The van der Waals surface area contributed by atoms with Crippen LogP contribution in [0.1, 0.15) is 13.8 Å². The van der Waals surface area contributed by atoms with Crippen molar-refractivity contribution in [1.29, 1.82) is 0 Å². The van der Waals surface area contributed by atoms with Gasteiger partial charge in [0.05, 0.1) is 19.9 Å². The minimum Gasteiger partial charge on any atom is -0.495 e. The fraction of sp³-hybridized carbons (Fsp3) is 0.500. The van der Waals surface area contributed by atoms with Gasteiger partial charge in [0.15, 0.2) is 0 Å². The first-order chi connectivity index (χ1) is 8.11. The van der Waals surface area contributed by atoms with Crippen molar-refractivity contribution in [3.8, 4) is 5.75 Å². The van der Waals surface area contributed by atoms with Crippen LogP contribution in [0.25, 0.3) is 0 Å². The van der Waals surface area contributed by atoms with Gasteiger partial charge in [-0.15, -0.1) is 0 Å². The molecule has 17 heavy (non-hydrogen) atoms. The molecule has 1 amide bonds. The highest BCUT2D eigenvalue weighted by Crippen LogP contribution is 2.10. The predicted octanol–water partition coefficient (Wildman–Crippen LogP) is 1.27. The number of hydrogen-bond donors (Lipinski definition) is 2. The lowest BCUT2D eigenvalue weighted by atomic mass is 10.2. The molecule has 0 aliphatic rings. The number of rotatable bonds is 6. The average Bonchev–Trinajstić information content (AvgIpc) is 2.34. The van der Waals surface area contributed by atoms with Crippen LogP contribution in [0.3, 0.4) is 0 Å². The van der Waals surface area contributed by atoms with Crippen LogP contribution < -0.4 is 15.4 Å². The molecule has 1 aromatic heterocycles. The third-order valence-electron chi connectivity index (χ3n) is 2.11. The van der Waals surface area contributed by atoms with Crippen LogP contribution in [0.5, 0.6) is 5.75 Å². The van der Waals surface area contributed by atoms with E-state index in [0.717, 1.165) is 0 Å². The van der Waals surface area contributed by atoms with Crippen molar-refractivity contribution in [3.05, 3.63) is 18.3 Å². The monoisotopic (exact) mass is 237 g/mol. The van der Waals surface area contributed by atoms with Crippen molar-refractivity contribution >= 4 is 11.7 Å². The molecule has 0 aliphatic heterocycles. The Bertz CT molecular complexity index is 349. The van der Waals surface area contributed by atoms with Crippen LogP contribution in [0.2, 0.25) is 0 Å². The van der Waals surface area contributed by atoms with Crippen LogP contribution in [-0.2, 0) is 4.79 Å². The third kappa shape index (κ3) is 5.19. The summed E-state index contributed by atoms with van der Waals surface area (Å²) in [6, 6.07) is 3.57. The molecule has 0 saturated carbocycles. The minimum absolute atomic E-state index is 0.0312. The molecule has 2 N–H and O–H groups in total. The Morgan fingerprint density at radius 1 is 1.47 bits per heavy atom. The molecule has 0 saturated heterocycles. The molecule has 94 valence electrons. The largest absolute Gasteiger partial charge is 0.495 e. The standard InChI is InChI=1S/C12H19N3O2/c1-9(2)6-15-12(16)8-14-11-5-4-10(17-3)7-13-11/h4-5,7,9H,6,8H2,1-3H3,(H,13,14)(H,15,16). The van der Waals surface area contributed by atoms with Crippen molar-refractivity contribution in [1.82, 2.24) is 10.3 Å². The Morgan fingerprint density at radius 3 is 2.76 bits per heavy atom. The number of hydrogen-bond acceptors (Lipinski definition) is 4. The highest BCUT2D eigenvalue weighted by Gasteiger charge is 2.02. The number of nitrogens with zero attached hydrogens (tertiary/aromatic N) is 1. The molecule has 1 aromatic rings. The zero-order chi connectivity index (χ0) is 12.7. The second kappa shape index (κ2) is 6.73. The van der Waals surface area contributed by atoms with Gasteiger partial charge in [0.1, 0.15) is 11.6 Å². The quantitative estimate of drug-likeness (QED) is 0.782. The number of amides is 1. The minimum atomic E-state index is -0.0312. The van der Waals surface area contributed by atoms with Crippen LogP contribution >= 0.6 is 0 Å². The maximum absolute atomic E-state index is 11.4. The second-order valence-corrected chi connectivity index (χ2v) is 4.13. The summed E-state index contributed by atoms with van der Waals surface area (Å²) in [5.74, 6) is 1.78. The highest BCUT2D eigenvalue weighted by molar-refractivity contribution is 5.80. The van der Waals surface area contributed by atoms with Crippen LogP contribution in [-0.4, -0.2) is 31.1 Å². The molecule has 0 aromatic carbocycles. The van der Waals surface area contributed by atoms with Crippen molar-refractivity contribution in [3.63, 3.8) is 0 Å². The molecule has 0 atom stereocenters. The van der Waals surface area contributed by atoms with Gasteiger partial charge in [-0.25, -0.2) is 4.98 Å². The smallest absolute Gasteiger partial charge is 0.239 e. The van der Waals surface area contributed by atoms with Gasteiger partial charge < -0.3 is 15.4 Å². The van der Waals surface area contributed by atoms with E-state index in [4.69, 9.17) is 4.74 Å². The maximum Gasteiger partial charge on any atom is 0.239 e. The molecule has 0 bridgehead atoms. The third-order valence-corrected chi connectivity index (χ3v) is 2.11. The van der Waals surface area contributed by atoms with Gasteiger partial charge in [-0.05, 0) is 18.1 Å². The van der Waals surface area contributed by atoms with Crippen molar-refractivity contribution in [2.24, 2.45) is 5.92 Å². The SMILES string of the molecule is COc1ccc(NCC(=O)NCC(C)C)nc1. The molecule has 0 aliphatic carbocycles. The normalized spacial score (nSPS) is 10.1. The van der Waals surface area contributed by atoms with E-state index < -0.39 is 0 Å². The van der Waals surface area contributed by atoms with Crippen molar-refractivity contribution in [2.45, 2.75) is 13.8 Å². The average molecular weight is 237 g/mol. The Balaban J connectivity index is 2.31. The van der Waals surface area contributed by atoms with Gasteiger partial charge in [0.2, 0.25) is 5.91 Å². The predicted molar refractivity (Wildman–Crippen MR) is 67.1 cm³/mol. The van der Waals surface area contributed by atoms with Gasteiger partial charge in [-0.3, -0.25) is 4.79 Å². The van der Waals surface area contributed by atoms with Gasteiger partial charge in [-0.2, -0.15) is 0 Å². The topological polar surface area (TPSA) is 63.2 Å². The molecule has 5 heteroatoms. The van der Waals surface area contributed by atoms with Crippen molar-refractivity contribution in [2.75, 3.05) is 25.5 Å². The first-order valence-electron chi connectivity index (χ1n) is 5.62. The number of pyridine rings is 1. The highest BCUT2D eigenvalue weighted by atomic mass is 16.5. The molecule has 0 radical (unpaired) electrons. The van der Waals surface area contributed by atoms with Crippen molar-refractivity contribution < 1.29 is 9.53 Å². The lowest BCUT2D eigenvalue weighted by molar-refractivity contribution is -0.119. The molecule has 1 rings (SSSR count).